The Kier molecular flexibility index (Phi) is 7.63. The molecular formula is C25H35F2IN4O3SSi. The normalized spacial score (nSPS) is 19.3. The Morgan fingerprint density at radius 1 is 1.27 bits per heavy atom. The number of imidazole rings is 1. The molecule has 1 unspecified atom stereocenters. The highest BCUT2D eigenvalue weighted by Crippen LogP contribution is 2.47. The summed E-state index contributed by atoms with van der Waals surface area (Å²) in [6, 6.07) is 4.13. The summed E-state index contributed by atoms with van der Waals surface area (Å²) in [5.41, 5.74) is 1.54. The summed E-state index contributed by atoms with van der Waals surface area (Å²) in [6.07, 6.45) is 2.63. The molecule has 0 spiro atoms. The molecule has 1 heterocycles. The zero-order valence-corrected chi connectivity index (χ0v) is 26.1. The molecule has 0 bridgehead atoms. The van der Waals surface area contributed by atoms with Crippen molar-refractivity contribution in [1.82, 2.24) is 14.3 Å². The molecule has 0 aliphatic heterocycles. The van der Waals surface area contributed by atoms with Crippen LogP contribution in [0.3, 0.4) is 0 Å². The van der Waals surface area contributed by atoms with Crippen LogP contribution in [0.4, 0.5) is 14.5 Å². The van der Waals surface area contributed by atoms with E-state index in [1.54, 1.807) is 18.2 Å². The van der Waals surface area contributed by atoms with Crippen LogP contribution in [-0.4, -0.2) is 43.7 Å². The molecule has 0 amide bonds. The van der Waals surface area contributed by atoms with Crippen molar-refractivity contribution in [2.24, 2.45) is 7.05 Å². The van der Waals surface area contributed by atoms with Gasteiger partial charge in [-0.15, -0.1) is 0 Å². The first-order valence-electron chi connectivity index (χ1n) is 12.4. The van der Waals surface area contributed by atoms with Crippen molar-refractivity contribution >= 4 is 52.7 Å². The summed E-state index contributed by atoms with van der Waals surface area (Å²) in [5, 5.41) is 3.14. The molecular weight excluding hydrogens is 629 g/mol. The molecule has 1 aromatic carbocycles. The predicted molar refractivity (Wildman–Crippen MR) is 153 cm³/mol. The van der Waals surface area contributed by atoms with Crippen molar-refractivity contribution in [3.8, 4) is 0 Å². The van der Waals surface area contributed by atoms with Crippen LogP contribution in [0.2, 0.25) is 18.1 Å². The van der Waals surface area contributed by atoms with Crippen LogP contribution in [0.1, 0.15) is 51.4 Å². The van der Waals surface area contributed by atoms with Gasteiger partial charge in [0.05, 0.1) is 33.6 Å². The number of sulfonamides is 1. The molecule has 2 aromatic rings. The first-order valence-corrected chi connectivity index (χ1v) is 17.8. The summed E-state index contributed by atoms with van der Waals surface area (Å²) in [7, 11) is -4.26. The Hall–Kier alpha value is -1.51. The number of hydrogen-bond acceptors (Lipinski definition) is 5. The van der Waals surface area contributed by atoms with Crippen LogP contribution in [0.5, 0.6) is 0 Å². The van der Waals surface area contributed by atoms with Crippen LogP contribution in [-0.2, 0) is 27.9 Å². The molecule has 37 heavy (non-hydrogen) atoms. The lowest BCUT2D eigenvalue weighted by molar-refractivity contribution is 0.277. The van der Waals surface area contributed by atoms with E-state index in [4.69, 9.17) is 4.43 Å². The molecule has 1 atom stereocenters. The van der Waals surface area contributed by atoms with E-state index < -0.39 is 41.0 Å². The number of benzene rings is 1. The molecule has 2 aliphatic rings. The van der Waals surface area contributed by atoms with Crippen molar-refractivity contribution in [2.45, 2.75) is 75.4 Å². The van der Waals surface area contributed by atoms with Crippen LogP contribution in [0, 0.1) is 15.5 Å². The zero-order valence-electron chi connectivity index (χ0n) is 22.1. The molecule has 7 nitrogen and oxygen atoms in total. The SMILES string of the molecule is Cn1c(F)nc2c1C=C(NS(=O)(=O)C1(CCO[Si](C)(C)C(C)(C)C)CC1)C(Nc1ccc(I)cc1F)C2. The molecule has 4 rings (SSSR count). The third kappa shape index (κ3) is 5.76. The standard InChI is InChI=1S/C25H35F2IN4O3SSi/c1-24(2,3)37(5,6)35-12-11-25(9-10-25)36(33,34)31-20-15-22-21(30-23(27)32(22)4)14-19(20)29-18-8-7-16(28)13-17(18)26/h7-8,13,15,19,29,31H,9-12,14H2,1-6H3. The van der Waals surface area contributed by atoms with Crippen LogP contribution >= 0.6 is 22.6 Å². The minimum absolute atomic E-state index is 0.0352. The third-order valence-electron chi connectivity index (χ3n) is 7.94. The topological polar surface area (TPSA) is 85.2 Å². The first kappa shape index (κ1) is 28.5. The third-order valence-corrected chi connectivity index (χ3v) is 15.4. The Morgan fingerprint density at radius 2 is 1.95 bits per heavy atom. The Balaban J connectivity index is 1.57. The van der Waals surface area contributed by atoms with Gasteiger partial charge in [0.1, 0.15) is 5.82 Å². The molecule has 1 saturated carbocycles. The number of hydrogen-bond donors (Lipinski definition) is 2. The van der Waals surface area contributed by atoms with Gasteiger partial charge in [-0.2, -0.15) is 4.39 Å². The van der Waals surface area contributed by atoms with Gasteiger partial charge < -0.3 is 14.3 Å². The van der Waals surface area contributed by atoms with E-state index in [1.807, 2.05) is 22.6 Å². The fourth-order valence-electron chi connectivity index (χ4n) is 4.21. The van der Waals surface area contributed by atoms with Gasteiger partial charge in [-0.1, -0.05) is 20.8 Å². The van der Waals surface area contributed by atoms with Crippen molar-refractivity contribution in [3.63, 3.8) is 0 Å². The fourth-order valence-corrected chi connectivity index (χ4v) is 7.42. The van der Waals surface area contributed by atoms with Gasteiger partial charge in [0.25, 0.3) is 6.08 Å². The highest BCUT2D eigenvalue weighted by molar-refractivity contribution is 14.1. The van der Waals surface area contributed by atoms with Crippen molar-refractivity contribution in [1.29, 1.82) is 0 Å². The van der Waals surface area contributed by atoms with E-state index in [1.165, 1.54) is 17.7 Å². The average Bonchev–Trinajstić information content (AvgIpc) is 3.52. The molecule has 0 saturated heterocycles. The number of nitrogens with one attached hydrogen (secondary N) is 2. The fraction of sp³-hybridized carbons (Fsp3) is 0.560. The maximum absolute atomic E-state index is 14.6. The zero-order chi connectivity index (χ0) is 27.4. The molecule has 2 aliphatic carbocycles. The smallest absolute Gasteiger partial charge is 0.289 e. The van der Waals surface area contributed by atoms with E-state index in [0.29, 0.717) is 43.0 Å². The molecule has 2 N–H and O–H groups in total. The second-order valence-electron chi connectivity index (χ2n) is 11.5. The second-order valence-corrected chi connectivity index (χ2v) is 19.7. The summed E-state index contributed by atoms with van der Waals surface area (Å²) in [6.45, 7) is 11.1. The molecule has 1 fully saturated rings. The van der Waals surface area contributed by atoms with Gasteiger partial charge >= 0.3 is 0 Å². The average molecular weight is 665 g/mol. The summed E-state index contributed by atoms with van der Waals surface area (Å²) >= 11 is 2.02. The molecule has 204 valence electrons. The lowest BCUT2D eigenvalue weighted by Crippen LogP contribution is -2.44. The number of fused-ring (bicyclic) bond motifs is 1. The summed E-state index contributed by atoms with van der Waals surface area (Å²) < 4.78 is 66.4. The second kappa shape index (κ2) is 9.90. The van der Waals surface area contributed by atoms with Gasteiger partial charge in [-0.25, -0.2) is 17.8 Å². The minimum Gasteiger partial charge on any atom is -0.417 e. The summed E-state index contributed by atoms with van der Waals surface area (Å²) in [5.74, 6) is -0.450. The molecule has 1 aromatic heterocycles. The highest BCUT2D eigenvalue weighted by atomic mass is 127. The summed E-state index contributed by atoms with van der Waals surface area (Å²) in [4.78, 5) is 3.98. The van der Waals surface area contributed by atoms with E-state index in [-0.39, 0.29) is 17.1 Å². The Bertz CT molecular complexity index is 1330. The largest absolute Gasteiger partial charge is 0.417 e. The number of rotatable bonds is 9. The predicted octanol–water partition coefficient (Wildman–Crippen LogP) is 5.54. The molecule has 12 heteroatoms. The van der Waals surface area contributed by atoms with Crippen LogP contribution in [0.15, 0.2) is 23.9 Å². The Labute approximate surface area is 232 Å². The number of aromatic nitrogens is 2. The first-order chi connectivity index (χ1) is 17.1. The van der Waals surface area contributed by atoms with E-state index in [9.17, 15) is 17.2 Å². The minimum atomic E-state index is -3.79. The monoisotopic (exact) mass is 664 g/mol. The van der Waals surface area contributed by atoms with E-state index in [2.05, 4.69) is 48.9 Å². The van der Waals surface area contributed by atoms with Crippen molar-refractivity contribution in [2.75, 3.05) is 11.9 Å². The maximum atomic E-state index is 14.6. The molecule has 0 radical (unpaired) electrons. The van der Waals surface area contributed by atoms with E-state index >= 15 is 0 Å². The quantitative estimate of drug-likeness (QED) is 0.272. The van der Waals surface area contributed by atoms with Gasteiger partial charge in [-0.05, 0) is 84.3 Å². The maximum Gasteiger partial charge on any atom is 0.289 e. The van der Waals surface area contributed by atoms with Gasteiger partial charge in [0, 0.05) is 23.6 Å². The van der Waals surface area contributed by atoms with Crippen molar-refractivity contribution in [3.05, 3.63) is 50.7 Å². The van der Waals surface area contributed by atoms with Gasteiger partial charge in [0.15, 0.2) is 8.32 Å². The van der Waals surface area contributed by atoms with Gasteiger partial charge in [-0.3, -0.25) is 4.72 Å². The lowest BCUT2D eigenvalue weighted by Gasteiger charge is -2.36. The van der Waals surface area contributed by atoms with Crippen molar-refractivity contribution < 1.29 is 21.6 Å². The lowest BCUT2D eigenvalue weighted by atomic mass is 9.99. The van der Waals surface area contributed by atoms with Crippen LogP contribution < -0.4 is 10.0 Å². The van der Waals surface area contributed by atoms with Crippen LogP contribution in [0.25, 0.3) is 6.08 Å². The van der Waals surface area contributed by atoms with E-state index in [0.717, 1.165) is 3.57 Å². The highest BCUT2D eigenvalue weighted by Gasteiger charge is 2.55. The number of halogens is 3. The number of anilines is 1. The Morgan fingerprint density at radius 3 is 2.54 bits per heavy atom. The van der Waals surface area contributed by atoms with Gasteiger partial charge in [0.2, 0.25) is 10.0 Å². The number of nitrogens with zero attached hydrogens (tertiary/aromatic N) is 2.